The van der Waals surface area contributed by atoms with Crippen LogP contribution in [0.15, 0.2) is 34.8 Å². The van der Waals surface area contributed by atoms with Crippen molar-refractivity contribution in [3.05, 3.63) is 56.0 Å². The van der Waals surface area contributed by atoms with Gasteiger partial charge in [0.15, 0.2) is 0 Å². The number of hydrogen-bond acceptors (Lipinski definition) is 2. The third-order valence-electron chi connectivity index (χ3n) is 3.84. The smallest absolute Gasteiger partial charge is 0.255 e. The molecule has 0 fully saturated rings. The minimum Gasteiger partial charge on any atom is -0.320 e. The Morgan fingerprint density at radius 1 is 1.17 bits per heavy atom. The number of carbonyl (C=O) groups excluding carboxylic acids is 2. The van der Waals surface area contributed by atoms with Crippen LogP contribution >= 0.6 is 39.1 Å². The molecule has 0 atom stereocenters. The normalized spacial score (nSPS) is 12.9. The number of halogens is 3. The fourth-order valence-corrected chi connectivity index (χ4v) is 3.55. The van der Waals surface area contributed by atoms with Crippen LogP contribution in [0.3, 0.4) is 0 Å². The predicted octanol–water partition coefficient (Wildman–Crippen LogP) is 4.92. The molecule has 0 aromatic heterocycles. The van der Waals surface area contributed by atoms with E-state index in [2.05, 4.69) is 21.2 Å². The van der Waals surface area contributed by atoms with E-state index in [-0.39, 0.29) is 11.8 Å². The van der Waals surface area contributed by atoms with Crippen LogP contribution in [-0.4, -0.2) is 18.4 Å². The number of amides is 2. The molecule has 1 N–H and O–H groups in total. The van der Waals surface area contributed by atoms with Gasteiger partial charge < -0.3 is 10.2 Å². The second-order valence-electron chi connectivity index (χ2n) is 5.46. The largest absolute Gasteiger partial charge is 0.320 e. The summed E-state index contributed by atoms with van der Waals surface area (Å²) >= 11 is 15.3. The zero-order chi connectivity index (χ0) is 17.4. The van der Waals surface area contributed by atoms with E-state index in [9.17, 15) is 9.59 Å². The van der Waals surface area contributed by atoms with Crippen molar-refractivity contribution in [3.63, 3.8) is 0 Å². The van der Waals surface area contributed by atoms with Crippen molar-refractivity contribution in [3.8, 4) is 0 Å². The summed E-state index contributed by atoms with van der Waals surface area (Å²) in [5.74, 6) is -0.370. The highest BCUT2D eigenvalue weighted by Gasteiger charge is 2.26. The first-order valence-corrected chi connectivity index (χ1v) is 8.78. The molecule has 7 heteroatoms. The van der Waals surface area contributed by atoms with E-state index < -0.39 is 0 Å². The zero-order valence-electron chi connectivity index (χ0n) is 12.7. The Balaban J connectivity index is 1.97. The van der Waals surface area contributed by atoms with Gasteiger partial charge in [-0.3, -0.25) is 9.59 Å². The molecule has 124 valence electrons. The second kappa shape index (κ2) is 6.75. The zero-order valence-corrected chi connectivity index (χ0v) is 15.8. The fourth-order valence-electron chi connectivity index (χ4n) is 2.75. The maximum Gasteiger partial charge on any atom is 0.255 e. The molecular weight excluding hydrogens is 415 g/mol. The summed E-state index contributed by atoms with van der Waals surface area (Å²) in [6.45, 7) is 2.12. The molecule has 2 amide bonds. The number of anilines is 2. The lowest BCUT2D eigenvalue weighted by Gasteiger charge is -2.19. The van der Waals surface area contributed by atoms with Crippen LogP contribution < -0.4 is 10.2 Å². The number of nitrogens with zero attached hydrogens (tertiary/aromatic N) is 1. The van der Waals surface area contributed by atoms with E-state index in [4.69, 9.17) is 23.2 Å². The van der Waals surface area contributed by atoms with Gasteiger partial charge in [-0.15, -0.1) is 0 Å². The fraction of sp³-hybridized carbons (Fsp3) is 0.176. The highest BCUT2D eigenvalue weighted by atomic mass is 79.9. The third kappa shape index (κ3) is 3.29. The first-order valence-electron chi connectivity index (χ1n) is 7.23. The summed E-state index contributed by atoms with van der Waals surface area (Å²) in [6, 6.07) is 8.44. The van der Waals surface area contributed by atoms with Crippen molar-refractivity contribution < 1.29 is 9.59 Å². The molecule has 1 heterocycles. The van der Waals surface area contributed by atoms with Gasteiger partial charge in [-0.25, -0.2) is 0 Å². The molecule has 1 aliphatic rings. The quantitative estimate of drug-likeness (QED) is 0.739. The predicted molar refractivity (Wildman–Crippen MR) is 100 cm³/mol. The van der Waals surface area contributed by atoms with Crippen molar-refractivity contribution in [2.75, 3.05) is 16.8 Å². The second-order valence-corrected chi connectivity index (χ2v) is 7.19. The highest BCUT2D eigenvalue weighted by Crippen LogP contribution is 2.38. The minimum atomic E-state index is -0.315. The van der Waals surface area contributed by atoms with Gasteiger partial charge >= 0.3 is 0 Å². The molecule has 0 unspecified atom stereocenters. The number of benzene rings is 2. The Morgan fingerprint density at radius 2 is 1.92 bits per heavy atom. The van der Waals surface area contributed by atoms with Crippen LogP contribution in [0.1, 0.15) is 22.8 Å². The minimum absolute atomic E-state index is 0.0545. The molecule has 4 nitrogen and oxygen atoms in total. The summed E-state index contributed by atoms with van der Waals surface area (Å²) in [6.07, 6.45) is 0.754. The molecule has 0 saturated carbocycles. The third-order valence-corrected chi connectivity index (χ3v) is 5.04. The molecule has 0 bridgehead atoms. The van der Waals surface area contributed by atoms with Gasteiger partial charge in [-0.1, -0.05) is 39.1 Å². The average molecular weight is 428 g/mol. The Hall–Kier alpha value is -1.56. The van der Waals surface area contributed by atoms with Gasteiger partial charge in [0, 0.05) is 23.5 Å². The molecule has 0 spiro atoms. The van der Waals surface area contributed by atoms with Gasteiger partial charge in [0.1, 0.15) is 0 Å². The highest BCUT2D eigenvalue weighted by molar-refractivity contribution is 9.10. The maximum atomic E-state index is 12.5. The summed E-state index contributed by atoms with van der Waals surface area (Å²) in [4.78, 5) is 26.1. The molecule has 1 aliphatic heterocycles. The Kier molecular flexibility index (Phi) is 4.85. The van der Waals surface area contributed by atoms with E-state index in [1.807, 2.05) is 6.07 Å². The van der Waals surface area contributed by atoms with Crippen molar-refractivity contribution in [2.24, 2.45) is 0 Å². The van der Waals surface area contributed by atoms with Crippen molar-refractivity contribution in [1.82, 2.24) is 0 Å². The van der Waals surface area contributed by atoms with Gasteiger partial charge in [0.2, 0.25) is 5.91 Å². The number of nitrogens with one attached hydrogen (secondary N) is 1. The van der Waals surface area contributed by atoms with E-state index >= 15 is 0 Å². The van der Waals surface area contributed by atoms with Crippen LogP contribution in [0.25, 0.3) is 0 Å². The van der Waals surface area contributed by atoms with Gasteiger partial charge in [-0.2, -0.15) is 0 Å². The summed E-state index contributed by atoms with van der Waals surface area (Å²) in [7, 11) is 0. The summed E-state index contributed by atoms with van der Waals surface area (Å²) in [5.41, 5.74) is 2.75. The molecular formula is C17H13BrCl2N2O2. The summed E-state index contributed by atoms with van der Waals surface area (Å²) in [5, 5.41) is 3.57. The average Bonchev–Trinajstić information content (AvgIpc) is 2.94. The van der Waals surface area contributed by atoms with Crippen molar-refractivity contribution in [2.45, 2.75) is 13.3 Å². The van der Waals surface area contributed by atoms with E-state index in [1.165, 1.54) is 13.0 Å². The van der Waals surface area contributed by atoms with Crippen LogP contribution in [0.2, 0.25) is 10.0 Å². The Morgan fingerprint density at radius 3 is 2.58 bits per heavy atom. The molecule has 0 saturated heterocycles. The SMILES string of the molecule is CC(=O)N1CCc2cc(Br)cc(NC(=O)c3ccc(Cl)c(Cl)c3)c21. The Labute approximate surface area is 157 Å². The van der Waals surface area contributed by atoms with Crippen LogP contribution in [0, 0.1) is 0 Å². The lowest BCUT2D eigenvalue weighted by molar-refractivity contribution is -0.116. The lowest BCUT2D eigenvalue weighted by Crippen LogP contribution is -2.27. The standard InChI is InChI=1S/C17H13BrCl2N2O2/c1-9(23)22-5-4-10-6-12(18)8-15(16(10)22)21-17(24)11-2-3-13(19)14(20)7-11/h2-3,6-8H,4-5H2,1H3,(H,21,24). The number of fused-ring (bicyclic) bond motifs is 1. The molecule has 24 heavy (non-hydrogen) atoms. The first kappa shape index (κ1) is 17.3. The monoisotopic (exact) mass is 426 g/mol. The maximum absolute atomic E-state index is 12.5. The molecule has 0 aliphatic carbocycles. The topological polar surface area (TPSA) is 49.4 Å². The molecule has 3 rings (SSSR count). The van der Waals surface area contributed by atoms with Gasteiger partial charge in [0.05, 0.1) is 21.4 Å². The lowest BCUT2D eigenvalue weighted by atomic mass is 10.1. The van der Waals surface area contributed by atoms with Crippen molar-refractivity contribution in [1.29, 1.82) is 0 Å². The Bertz CT molecular complexity index is 855. The van der Waals surface area contributed by atoms with Gasteiger partial charge in [0.25, 0.3) is 5.91 Å². The molecule has 0 radical (unpaired) electrons. The van der Waals surface area contributed by atoms with Crippen LogP contribution in [0.5, 0.6) is 0 Å². The van der Waals surface area contributed by atoms with E-state index in [0.29, 0.717) is 27.8 Å². The van der Waals surface area contributed by atoms with E-state index in [1.54, 1.807) is 23.1 Å². The van der Waals surface area contributed by atoms with Crippen LogP contribution in [0.4, 0.5) is 11.4 Å². The van der Waals surface area contributed by atoms with Crippen molar-refractivity contribution >= 4 is 62.3 Å². The molecule has 2 aromatic carbocycles. The van der Waals surface area contributed by atoms with E-state index in [0.717, 1.165) is 22.1 Å². The number of rotatable bonds is 2. The number of hydrogen-bond donors (Lipinski definition) is 1. The summed E-state index contributed by atoms with van der Waals surface area (Å²) < 4.78 is 0.844. The number of carbonyl (C=O) groups is 2. The molecule has 2 aromatic rings. The van der Waals surface area contributed by atoms with Gasteiger partial charge in [-0.05, 0) is 42.3 Å². The van der Waals surface area contributed by atoms with Crippen LogP contribution in [-0.2, 0) is 11.2 Å². The first-order chi connectivity index (χ1) is 11.4.